The van der Waals surface area contributed by atoms with Crippen molar-refractivity contribution in [3.63, 3.8) is 0 Å². The van der Waals surface area contributed by atoms with Gasteiger partial charge in [-0.2, -0.15) is 0 Å². The number of hydrogen-bond donors (Lipinski definition) is 1. The standard InChI is InChI=1S/C18H18N6O/c25-18(15-5-1-2-10-20-15)21-14-6-7-16-22-23-17(24(16)11-8-14)13-4-3-9-19-12-13/h1-5,9-10,12,14H,6-8,11H2,(H,21,25). The lowest BCUT2D eigenvalue weighted by molar-refractivity contribution is 0.0928. The van der Waals surface area contributed by atoms with Crippen LogP contribution in [-0.2, 0) is 13.0 Å². The molecular formula is C18H18N6O. The average molecular weight is 334 g/mol. The van der Waals surface area contributed by atoms with Crippen molar-refractivity contribution in [3.8, 4) is 11.4 Å². The molecule has 0 spiro atoms. The molecule has 1 aliphatic heterocycles. The molecule has 3 aromatic rings. The fraction of sp³-hybridized carbons (Fsp3) is 0.278. The van der Waals surface area contributed by atoms with Crippen molar-refractivity contribution in [3.05, 3.63) is 60.4 Å². The topological polar surface area (TPSA) is 85.6 Å². The van der Waals surface area contributed by atoms with Crippen molar-refractivity contribution in [2.24, 2.45) is 0 Å². The van der Waals surface area contributed by atoms with Crippen molar-refractivity contribution < 1.29 is 4.79 Å². The van der Waals surface area contributed by atoms with Gasteiger partial charge < -0.3 is 9.88 Å². The van der Waals surface area contributed by atoms with Crippen LogP contribution in [0.5, 0.6) is 0 Å². The van der Waals surface area contributed by atoms with Gasteiger partial charge in [0.15, 0.2) is 5.82 Å². The molecule has 1 unspecified atom stereocenters. The highest BCUT2D eigenvalue weighted by Gasteiger charge is 2.22. The number of aryl methyl sites for hydroxylation is 1. The second-order valence-corrected chi connectivity index (χ2v) is 6.05. The zero-order valence-corrected chi connectivity index (χ0v) is 13.7. The van der Waals surface area contributed by atoms with Crippen LogP contribution < -0.4 is 5.32 Å². The number of amides is 1. The normalized spacial score (nSPS) is 16.7. The second-order valence-electron chi connectivity index (χ2n) is 6.05. The smallest absolute Gasteiger partial charge is 0.270 e. The number of fused-ring (bicyclic) bond motifs is 1. The Hall–Kier alpha value is -3.09. The maximum absolute atomic E-state index is 12.3. The predicted octanol–water partition coefficient (Wildman–Crippen LogP) is 1.87. The predicted molar refractivity (Wildman–Crippen MR) is 91.7 cm³/mol. The Bertz CT molecular complexity index is 862. The van der Waals surface area contributed by atoms with Gasteiger partial charge in [0, 0.05) is 43.2 Å². The van der Waals surface area contributed by atoms with E-state index in [1.807, 2.05) is 18.2 Å². The third-order valence-electron chi connectivity index (χ3n) is 4.40. The molecular weight excluding hydrogens is 316 g/mol. The van der Waals surface area contributed by atoms with Gasteiger partial charge in [-0.3, -0.25) is 14.8 Å². The minimum atomic E-state index is -0.129. The molecule has 1 N–H and O–H groups in total. The quantitative estimate of drug-likeness (QED) is 0.790. The molecule has 0 saturated heterocycles. The van der Waals surface area contributed by atoms with Crippen LogP contribution in [-0.4, -0.2) is 36.7 Å². The van der Waals surface area contributed by atoms with Crippen LogP contribution >= 0.6 is 0 Å². The number of carbonyl (C=O) groups is 1. The SMILES string of the molecule is O=C(NC1CCc2nnc(-c3cccnc3)n2CC1)c1ccccn1. The highest BCUT2D eigenvalue weighted by molar-refractivity contribution is 5.92. The van der Waals surface area contributed by atoms with Gasteiger partial charge in [0.1, 0.15) is 11.5 Å². The Kier molecular flexibility index (Phi) is 4.20. The molecule has 3 aromatic heterocycles. The highest BCUT2D eigenvalue weighted by Crippen LogP contribution is 2.22. The molecule has 1 amide bonds. The largest absolute Gasteiger partial charge is 0.348 e. The van der Waals surface area contributed by atoms with Crippen LogP contribution in [0.2, 0.25) is 0 Å². The lowest BCUT2D eigenvalue weighted by Crippen LogP contribution is -2.35. The molecule has 0 fully saturated rings. The van der Waals surface area contributed by atoms with Gasteiger partial charge in [0.05, 0.1) is 0 Å². The van der Waals surface area contributed by atoms with E-state index in [0.717, 1.165) is 43.0 Å². The lowest BCUT2D eigenvalue weighted by Gasteiger charge is -2.15. The molecule has 126 valence electrons. The Labute approximate surface area is 145 Å². The molecule has 7 nitrogen and oxygen atoms in total. The number of nitrogens with one attached hydrogen (secondary N) is 1. The van der Waals surface area contributed by atoms with Crippen molar-refractivity contribution in [2.45, 2.75) is 31.8 Å². The summed E-state index contributed by atoms with van der Waals surface area (Å²) in [4.78, 5) is 20.6. The first-order valence-electron chi connectivity index (χ1n) is 8.35. The van der Waals surface area contributed by atoms with E-state index < -0.39 is 0 Å². The average Bonchev–Trinajstić information content (AvgIpc) is 2.98. The van der Waals surface area contributed by atoms with Crippen LogP contribution in [0.15, 0.2) is 48.9 Å². The molecule has 0 saturated carbocycles. The summed E-state index contributed by atoms with van der Waals surface area (Å²) in [6.45, 7) is 0.764. The number of aromatic nitrogens is 5. The summed E-state index contributed by atoms with van der Waals surface area (Å²) in [6, 6.07) is 9.31. The minimum absolute atomic E-state index is 0.0953. The monoisotopic (exact) mass is 334 g/mol. The summed E-state index contributed by atoms with van der Waals surface area (Å²) in [6.07, 6.45) is 7.61. The zero-order valence-electron chi connectivity index (χ0n) is 13.7. The molecule has 4 rings (SSSR count). The van der Waals surface area contributed by atoms with Gasteiger partial charge in [-0.1, -0.05) is 6.07 Å². The Morgan fingerprint density at radius 2 is 2.08 bits per heavy atom. The van der Waals surface area contributed by atoms with Crippen molar-refractivity contribution in [2.75, 3.05) is 0 Å². The van der Waals surface area contributed by atoms with Gasteiger partial charge in [-0.05, 0) is 37.1 Å². The van der Waals surface area contributed by atoms with Gasteiger partial charge >= 0.3 is 0 Å². The van der Waals surface area contributed by atoms with Crippen molar-refractivity contribution in [1.82, 2.24) is 30.0 Å². The first-order valence-corrected chi connectivity index (χ1v) is 8.35. The molecule has 25 heavy (non-hydrogen) atoms. The van der Waals surface area contributed by atoms with E-state index in [0.29, 0.717) is 5.69 Å². The molecule has 4 heterocycles. The van der Waals surface area contributed by atoms with E-state index in [1.165, 1.54) is 0 Å². The summed E-state index contributed by atoms with van der Waals surface area (Å²) in [5.41, 5.74) is 1.40. The molecule has 1 atom stereocenters. The fourth-order valence-corrected chi connectivity index (χ4v) is 3.10. The van der Waals surface area contributed by atoms with E-state index in [4.69, 9.17) is 0 Å². The van der Waals surface area contributed by atoms with Crippen LogP contribution in [0.4, 0.5) is 0 Å². The molecule has 0 bridgehead atoms. The number of hydrogen-bond acceptors (Lipinski definition) is 5. The first-order chi connectivity index (χ1) is 12.3. The molecule has 0 aromatic carbocycles. The number of nitrogens with zero attached hydrogens (tertiary/aromatic N) is 5. The lowest BCUT2D eigenvalue weighted by atomic mass is 10.1. The summed E-state index contributed by atoms with van der Waals surface area (Å²) >= 11 is 0. The van der Waals surface area contributed by atoms with Gasteiger partial charge in [-0.25, -0.2) is 0 Å². The van der Waals surface area contributed by atoms with E-state index >= 15 is 0 Å². The third-order valence-corrected chi connectivity index (χ3v) is 4.40. The number of pyridine rings is 2. The fourth-order valence-electron chi connectivity index (χ4n) is 3.10. The maximum Gasteiger partial charge on any atom is 0.270 e. The van der Waals surface area contributed by atoms with Crippen LogP contribution in [0.1, 0.15) is 29.2 Å². The molecule has 1 aliphatic rings. The van der Waals surface area contributed by atoms with Gasteiger partial charge in [0.2, 0.25) is 0 Å². The van der Waals surface area contributed by atoms with Gasteiger partial charge in [0.25, 0.3) is 5.91 Å². The van der Waals surface area contributed by atoms with E-state index in [-0.39, 0.29) is 11.9 Å². The maximum atomic E-state index is 12.3. The zero-order chi connectivity index (χ0) is 17.1. The Morgan fingerprint density at radius 1 is 1.12 bits per heavy atom. The second kappa shape index (κ2) is 6.80. The van der Waals surface area contributed by atoms with Crippen LogP contribution in [0.25, 0.3) is 11.4 Å². The third kappa shape index (κ3) is 3.26. The molecule has 7 heteroatoms. The van der Waals surface area contributed by atoms with E-state index in [9.17, 15) is 4.79 Å². The molecule has 0 aliphatic carbocycles. The summed E-state index contributed by atoms with van der Waals surface area (Å²) in [5, 5.41) is 11.7. The Morgan fingerprint density at radius 3 is 2.88 bits per heavy atom. The summed E-state index contributed by atoms with van der Waals surface area (Å²) in [5.74, 6) is 1.66. The van der Waals surface area contributed by atoms with E-state index in [2.05, 4.69) is 30.0 Å². The first kappa shape index (κ1) is 15.4. The van der Waals surface area contributed by atoms with Gasteiger partial charge in [-0.15, -0.1) is 10.2 Å². The highest BCUT2D eigenvalue weighted by atomic mass is 16.1. The summed E-state index contributed by atoms with van der Waals surface area (Å²) in [7, 11) is 0. The summed E-state index contributed by atoms with van der Waals surface area (Å²) < 4.78 is 2.13. The van der Waals surface area contributed by atoms with Crippen molar-refractivity contribution >= 4 is 5.91 Å². The number of rotatable bonds is 3. The van der Waals surface area contributed by atoms with Crippen LogP contribution in [0.3, 0.4) is 0 Å². The Balaban J connectivity index is 1.48. The minimum Gasteiger partial charge on any atom is -0.348 e. The molecule has 0 radical (unpaired) electrons. The van der Waals surface area contributed by atoms with Crippen molar-refractivity contribution in [1.29, 1.82) is 0 Å². The number of carbonyl (C=O) groups excluding carboxylic acids is 1. The van der Waals surface area contributed by atoms with Crippen LogP contribution in [0, 0.1) is 0 Å². The van der Waals surface area contributed by atoms with E-state index in [1.54, 1.807) is 30.7 Å².